The minimum Gasteiger partial charge on any atom is -0.709 e. The van der Waals surface area contributed by atoms with Gasteiger partial charge in [-0.25, -0.2) is 4.21 Å². The number of esters is 1. The van der Waals surface area contributed by atoms with Crippen molar-refractivity contribution in [1.82, 2.24) is 0 Å². The number of carbonyl (C=O) groups excluding carboxylic acids is 1. The van der Waals surface area contributed by atoms with Gasteiger partial charge in [0.2, 0.25) is 0 Å². The van der Waals surface area contributed by atoms with E-state index in [0.717, 1.165) is 6.42 Å². The fourth-order valence-corrected chi connectivity index (χ4v) is 1.58. The Kier molecular flexibility index (Phi) is 19.8. The minimum absolute atomic E-state index is 0. The molecule has 1 rings (SSSR count). The van der Waals surface area contributed by atoms with Crippen LogP contribution in [-0.4, -0.2) is 23.0 Å². The summed E-state index contributed by atoms with van der Waals surface area (Å²) in [5, 5.41) is 9.30. The first-order valence-electron chi connectivity index (χ1n) is 8.68. The molecule has 0 spiro atoms. The second-order valence-electron chi connectivity index (χ2n) is 6.36. The summed E-state index contributed by atoms with van der Waals surface area (Å²) in [4.78, 5) is 10.8. The van der Waals surface area contributed by atoms with Gasteiger partial charge < -0.3 is 14.3 Å². The van der Waals surface area contributed by atoms with E-state index in [9.17, 15) is 14.3 Å². The first-order valence-corrected chi connectivity index (χ1v) is 11.3. The van der Waals surface area contributed by atoms with Gasteiger partial charge in [0.25, 0.3) is 0 Å². The van der Waals surface area contributed by atoms with Crippen molar-refractivity contribution >= 4 is 25.9 Å². The van der Waals surface area contributed by atoms with Crippen molar-refractivity contribution in [3.8, 4) is 0 Å². The van der Waals surface area contributed by atoms with E-state index < -0.39 is 8.77 Å². The molecular weight excluding hydrogens is 395 g/mol. The zero-order valence-electron chi connectivity index (χ0n) is 17.9. The molecule has 2 atom stereocenters. The number of hydrogen-bond donors (Lipinski definition) is 0. The molecular formula is C19H33NaO5S2. The molecule has 2 unspecified atom stereocenters. The Morgan fingerprint density at radius 1 is 1.22 bits per heavy atom. The molecule has 0 aromatic heterocycles. The molecule has 0 aliphatic heterocycles. The van der Waals surface area contributed by atoms with Gasteiger partial charge in [-0.15, -0.1) is 0 Å². The number of carbonyl (C=O) groups is 1. The van der Waals surface area contributed by atoms with Crippen molar-refractivity contribution in [1.29, 1.82) is 0 Å². The maximum atomic E-state index is 10.8. The maximum absolute atomic E-state index is 10.8. The van der Waals surface area contributed by atoms with Crippen LogP contribution in [0.15, 0.2) is 30.3 Å². The van der Waals surface area contributed by atoms with Gasteiger partial charge in [0.1, 0.15) is 8.77 Å². The van der Waals surface area contributed by atoms with Crippen molar-refractivity contribution in [2.75, 3.05) is 12.9 Å². The molecule has 8 heteroatoms. The largest absolute Gasteiger partial charge is 1.00 e. The van der Waals surface area contributed by atoms with Gasteiger partial charge in [0.15, 0.2) is 0 Å². The maximum Gasteiger partial charge on any atom is 1.00 e. The molecule has 1 aromatic rings. The van der Waals surface area contributed by atoms with Gasteiger partial charge in [0.05, 0.1) is 12.5 Å². The normalized spacial score (nSPS) is 13.3. The van der Waals surface area contributed by atoms with Crippen LogP contribution in [0.2, 0.25) is 0 Å². The van der Waals surface area contributed by atoms with Crippen LogP contribution < -0.4 is 34.8 Å². The number of benzene rings is 1. The van der Waals surface area contributed by atoms with Crippen LogP contribution >= 0.6 is 0 Å². The van der Waals surface area contributed by atoms with Crippen molar-refractivity contribution in [2.45, 2.75) is 60.3 Å². The molecule has 152 valence electrons. The second kappa shape index (κ2) is 16.9. The van der Waals surface area contributed by atoms with Gasteiger partial charge in [-0.05, 0) is 38.2 Å². The zero-order chi connectivity index (χ0) is 20.8. The number of rotatable bonds is 6. The third kappa shape index (κ3) is 15.6. The Hall–Kier alpha value is -0.0200. The van der Waals surface area contributed by atoms with Crippen LogP contribution in [0.25, 0.3) is 0 Å². The molecule has 0 aliphatic carbocycles. The molecule has 0 fully saturated rings. The van der Waals surface area contributed by atoms with Gasteiger partial charge in [0, 0.05) is 16.9 Å². The molecule has 0 saturated carbocycles. The van der Waals surface area contributed by atoms with Crippen LogP contribution in [-0.2, 0) is 33.8 Å². The van der Waals surface area contributed by atoms with E-state index in [1.54, 1.807) is 0 Å². The predicted octanol–water partition coefficient (Wildman–Crippen LogP) is 0.759. The summed E-state index contributed by atoms with van der Waals surface area (Å²) in [6.45, 7) is 11.7. The van der Waals surface area contributed by atoms with Crippen LogP contribution in [0, 0.1) is 5.41 Å². The average molecular weight is 429 g/mol. The number of ether oxygens (including phenoxy) is 1. The van der Waals surface area contributed by atoms with E-state index in [1.807, 2.05) is 20.8 Å². The smallest absolute Gasteiger partial charge is 0.709 e. The Morgan fingerprint density at radius 2 is 1.70 bits per heavy atom. The van der Waals surface area contributed by atoms with Crippen LogP contribution in [0.3, 0.4) is 0 Å². The standard InChI is InChI=1S/C10H14.C7H14O2.C2H6O3S2.Na/c1-3-9(2)10-7-5-4-6-8-10;1-5-7(2,3)6(8)9-4;1-2-7(4,6)5-3;/h4-9H,3H2,1-2H3;5H2,1-4H3;3H,2H2,1H3;/q;;;+1/p-1. The molecule has 0 heterocycles. The summed E-state index contributed by atoms with van der Waals surface area (Å²) in [5.41, 5.74) is 1.14. The Bertz CT molecular complexity index is 579. The van der Waals surface area contributed by atoms with E-state index >= 15 is 0 Å². The molecule has 0 aliphatic rings. The third-order valence-corrected chi connectivity index (χ3v) is 5.85. The van der Waals surface area contributed by atoms with Gasteiger partial charge >= 0.3 is 35.5 Å². The number of methoxy groups -OCH3 is 1. The first kappa shape index (κ1) is 31.7. The fourth-order valence-electron chi connectivity index (χ4n) is 1.49. The summed E-state index contributed by atoms with van der Waals surface area (Å²) in [6.07, 6.45) is 2.05. The summed E-state index contributed by atoms with van der Waals surface area (Å²) in [5.74, 6) is 0.678. The third-order valence-electron chi connectivity index (χ3n) is 4.06. The SMILES string of the molecule is CCC(C)(C)C(=O)OC.CCC(C)c1ccccc1.CCS(=O)(=S)O[O-].[Na+]. The predicted molar refractivity (Wildman–Crippen MR) is 108 cm³/mol. The molecule has 0 bridgehead atoms. The van der Waals surface area contributed by atoms with Crippen molar-refractivity contribution < 1.29 is 52.9 Å². The second-order valence-corrected chi connectivity index (χ2v) is 9.72. The summed E-state index contributed by atoms with van der Waals surface area (Å²) < 4.78 is 18.0. The van der Waals surface area contributed by atoms with Gasteiger partial charge in [-0.1, -0.05) is 58.0 Å². The van der Waals surface area contributed by atoms with E-state index in [4.69, 9.17) is 0 Å². The van der Waals surface area contributed by atoms with E-state index in [1.165, 1.54) is 26.0 Å². The van der Waals surface area contributed by atoms with Gasteiger partial charge in [-0.3, -0.25) is 4.79 Å². The van der Waals surface area contributed by atoms with Crippen molar-refractivity contribution in [2.24, 2.45) is 5.41 Å². The Labute approximate surface area is 192 Å². The van der Waals surface area contributed by atoms with Gasteiger partial charge in [-0.2, -0.15) is 0 Å². The molecule has 0 amide bonds. The molecule has 27 heavy (non-hydrogen) atoms. The average Bonchev–Trinajstić information content (AvgIpc) is 2.68. The van der Waals surface area contributed by atoms with E-state index in [2.05, 4.69) is 64.4 Å². The van der Waals surface area contributed by atoms with Crippen LogP contribution in [0.4, 0.5) is 0 Å². The van der Waals surface area contributed by atoms with E-state index in [-0.39, 0.29) is 46.7 Å². The number of hydrogen-bond acceptors (Lipinski definition) is 6. The molecule has 1 aromatic carbocycles. The Morgan fingerprint density at radius 3 is 1.93 bits per heavy atom. The fraction of sp³-hybridized carbons (Fsp3) is 0.632. The quantitative estimate of drug-likeness (QED) is 0.288. The molecule has 0 saturated heterocycles. The zero-order valence-corrected chi connectivity index (χ0v) is 21.6. The molecule has 5 nitrogen and oxygen atoms in total. The summed E-state index contributed by atoms with van der Waals surface area (Å²) in [6, 6.07) is 10.6. The first-order chi connectivity index (χ1) is 12.0. The van der Waals surface area contributed by atoms with Crippen LogP contribution in [0.5, 0.6) is 0 Å². The monoisotopic (exact) mass is 428 g/mol. The van der Waals surface area contributed by atoms with Crippen molar-refractivity contribution in [3.63, 3.8) is 0 Å². The van der Waals surface area contributed by atoms with Crippen molar-refractivity contribution in [3.05, 3.63) is 35.9 Å². The summed E-state index contributed by atoms with van der Waals surface area (Å²) in [7, 11) is -1.46. The topological polar surface area (TPSA) is 75.7 Å². The minimum atomic E-state index is -2.88. The molecule has 0 N–H and O–H groups in total. The Balaban J connectivity index is -0.000000320. The van der Waals surface area contributed by atoms with E-state index in [0.29, 0.717) is 5.92 Å². The summed E-state index contributed by atoms with van der Waals surface area (Å²) >= 11 is 4.14. The molecule has 0 radical (unpaired) electrons. The van der Waals surface area contributed by atoms with Crippen LogP contribution in [0.1, 0.15) is 65.9 Å².